The van der Waals surface area contributed by atoms with Crippen molar-refractivity contribution >= 4 is 49.9 Å². The highest BCUT2D eigenvalue weighted by atomic mass is 15.2. The zero-order valence-electron chi connectivity index (χ0n) is 29.9. The summed E-state index contributed by atoms with van der Waals surface area (Å²) in [6.07, 6.45) is 4.17. The molecule has 0 aliphatic rings. The highest BCUT2D eigenvalue weighted by molar-refractivity contribution is 6.10. The molecule has 52 heavy (non-hydrogen) atoms. The Balaban J connectivity index is 1.24. The van der Waals surface area contributed by atoms with Gasteiger partial charge >= 0.3 is 0 Å². The van der Waals surface area contributed by atoms with Gasteiger partial charge in [0.05, 0.1) is 22.8 Å². The third-order valence-electron chi connectivity index (χ3n) is 10.3. The van der Waals surface area contributed by atoms with Crippen molar-refractivity contribution in [1.29, 1.82) is 0 Å². The number of hydrogen-bond acceptors (Lipinski definition) is 2. The molecule has 0 unspecified atom stereocenters. The van der Waals surface area contributed by atoms with Gasteiger partial charge in [0.25, 0.3) is 0 Å². The lowest BCUT2D eigenvalue weighted by Crippen LogP contribution is -2.10. The minimum Gasteiger partial charge on any atom is -0.309 e. The van der Waals surface area contributed by atoms with Gasteiger partial charge in [0.15, 0.2) is 17.4 Å². The van der Waals surface area contributed by atoms with Gasteiger partial charge in [-0.25, -0.2) is 9.55 Å². The van der Waals surface area contributed by atoms with E-state index < -0.39 is 0 Å². The molecule has 252 valence electrons. The summed E-state index contributed by atoms with van der Waals surface area (Å²) in [4.78, 5) is 7.34. The van der Waals surface area contributed by atoms with Gasteiger partial charge in [-0.2, -0.15) is 4.57 Å². The fourth-order valence-electron chi connectivity index (χ4n) is 7.87. The molecule has 9 rings (SSSR count). The Morgan fingerprint density at radius 3 is 2.00 bits per heavy atom. The molecule has 5 nitrogen and oxygen atoms in total. The summed E-state index contributed by atoms with van der Waals surface area (Å²) in [5.41, 5.74) is 13.9. The molecule has 3 heterocycles. The van der Waals surface area contributed by atoms with Crippen molar-refractivity contribution in [3.63, 3.8) is 0 Å². The van der Waals surface area contributed by atoms with Crippen LogP contribution in [0, 0.1) is 13.8 Å². The third-order valence-corrected chi connectivity index (χ3v) is 10.3. The summed E-state index contributed by atoms with van der Waals surface area (Å²) < 4.78 is 6.96. The SMILES string of the molecule is Cc1cccc(C)c1-c1ccnc(-n2c3ccccc3c3ccc(N(c4ccccc4)c4cccc(-n5[cH+]n(C(C)C)c6ccccc65)c4)cc32)c1. The lowest BCUT2D eigenvalue weighted by atomic mass is 9.96. The second-order valence-electron chi connectivity index (χ2n) is 13.9. The molecule has 0 spiro atoms. The molecule has 0 aliphatic heterocycles. The Hall–Kier alpha value is -6.46. The molecule has 5 heteroatoms. The normalized spacial score (nSPS) is 11.6. The third kappa shape index (κ3) is 5.25. The Labute approximate surface area is 304 Å². The number of pyridine rings is 1. The molecular formula is C47H40N5+. The van der Waals surface area contributed by atoms with Crippen molar-refractivity contribution in [2.45, 2.75) is 33.7 Å². The lowest BCUT2D eigenvalue weighted by molar-refractivity contribution is 0.612. The largest absolute Gasteiger partial charge is 0.309 e. The number of nitrogens with zero attached hydrogens (tertiary/aromatic N) is 5. The van der Waals surface area contributed by atoms with Crippen molar-refractivity contribution in [3.05, 3.63) is 175 Å². The molecule has 0 saturated carbocycles. The number of para-hydroxylation sites is 4. The van der Waals surface area contributed by atoms with E-state index in [1.807, 2.05) is 6.20 Å². The van der Waals surface area contributed by atoms with Crippen LogP contribution in [-0.2, 0) is 0 Å². The predicted octanol–water partition coefficient (Wildman–Crippen LogP) is 12.5. The monoisotopic (exact) mass is 674 g/mol. The fraction of sp³-hybridized carbons (Fsp3) is 0.106. The molecule has 0 bridgehead atoms. The van der Waals surface area contributed by atoms with Crippen LogP contribution in [0.5, 0.6) is 0 Å². The van der Waals surface area contributed by atoms with Crippen LogP contribution in [0.15, 0.2) is 164 Å². The van der Waals surface area contributed by atoms with Crippen LogP contribution in [-0.4, -0.2) is 18.7 Å². The van der Waals surface area contributed by atoms with E-state index in [0.717, 1.165) is 39.6 Å². The van der Waals surface area contributed by atoms with Gasteiger partial charge in [0, 0.05) is 52.6 Å². The molecule has 0 radical (unpaired) electrons. The quantitative estimate of drug-likeness (QED) is 0.158. The first-order chi connectivity index (χ1) is 25.5. The Kier molecular flexibility index (Phi) is 7.70. The van der Waals surface area contributed by atoms with Crippen LogP contribution < -0.4 is 4.90 Å². The van der Waals surface area contributed by atoms with Crippen molar-refractivity contribution in [2.75, 3.05) is 4.90 Å². The van der Waals surface area contributed by atoms with E-state index in [4.69, 9.17) is 4.98 Å². The Morgan fingerprint density at radius 1 is 0.558 bits per heavy atom. The van der Waals surface area contributed by atoms with Gasteiger partial charge in [0.2, 0.25) is 0 Å². The number of aromatic nitrogens is 4. The zero-order chi connectivity index (χ0) is 35.3. The van der Waals surface area contributed by atoms with E-state index in [0.29, 0.717) is 6.04 Å². The molecule has 0 N–H and O–H groups in total. The van der Waals surface area contributed by atoms with Crippen molar-refractivity contribution in [3.8, 4) is 22.6 Å². The van der Waals surface area contributed by atoms with Crippen LogP contribution in [0.25, 0.3) is 55.5 Å². The number of fused-ring (bicyclic) bond motifs is 4. The Bertz CT molecular complexity index is 2730. The van der Waals surface area contributed by atoms with E-state index in [-0.39, 0.29) is 0 Å². The van der Waals surface area contributed by atoms with Crippen LogP contribution in [0.3, 0.4) is 0 Å². The molecule has 9 aromatic rings. The minimum absolute atomic E-state index is 0.338. The van der Waals surface area contributed by atoms with E-state index in [2.05, 4.69) is 204 Å². The summed E-state index contributed by atoms with van der Waals surface area (Å²) in [5.74, 6) is 0.898. The maximum Gasteiger partial charge on any atom is 0.191 e. The summed E-state index contributed by atoms with van der Waals surface area (Å²) >= 11 is 0. The van der Waals surface area contributed by atoms with Gasteiger partial charge in [-0.3, -0.25) is 4.57 Å². The van der Waals surface area contributed by atoms with E-state index >= 15 is 0 Å². The van der Waals surface area contributed by atoms with Crippen molar-refractivity contribution in [1.82, 2.24) is 18.7 Å². The molecule has 0 amide bonds. The fourth-order valence-corrected chi connectivity index (χ4v) is 7.87. The molecule has 0 aliphatic carbocycles. The van der Waals surface area contributed by atoms with Gasteiger partial charge in [-0.1, -0.05) is 60.7 Å². The number of aryl methyl sites for hydroxylation is 2. The number of benzene rings is 6. The van der Waals surface area contributed by atoms with Gasteiger partial charge in [-0.05, 0) is 117 Å². The average Bonchev–Trinajstić information content (AvgIpc) is 3.72. The lowest BCUT2D eigenvalue weighted by Gasteiger charge is -2.25. The number of rotatable bonds is 7. The standard InChI is InChI=1S/C47H40N5/c1-32(2)49-31-50(44-23-11-10-22-43(44)49)37-18-13-19-38(29-37)51(36-16-6-5-7-17-36)39-24-25-41-40-20-8-9-21-42(40)52(45(41)30-39)46-28-35(26-27-48-46)47-33(3)14-12-15-34(47)4/h5-32H,1-4H3/q+1. The van der Waals surface area contributed by atoms with Crippen LogP contribution in [0.4, 0.5) is 17.1 Å². The predicted molar refractivity (Wildman–Crippen MR) is 218 cm³/mol. The minimum atomic E-state index is 0.338. The molecule has 3 aromatic heterocycles. The molecule has 0 atom stereocenters. The van der Waals surface area contributed by atoms with E-state index in [1.165, 1.54) is 44.1 Å². The number of anilines is 3. The second kappa shape index (κ2) is 12.7. The van der Waals surface area contributed by atoms with Crippen LogP contribution in [0.1, 0.15) is 31.0 Å². The molecule has 0 fully saturated rings. The smallest absolute Gasteiger partial charge is 0.191 e. The first-order valence-corrected chi connectivity index (χ1v) is 18.0. The van der Waals surface area contributed by atoms with Gasteiger partial charge in [0.1, 0.15) is 11.5 Å². The highest BCUT2D eigenvalue weighted by Crippen LogP contribution is 2.40. The highest BCUT2D eigenvalue weighted by Gasteiger charge is 2.22. The van der Waals surface area contributed by atoms with Gasteiger partial charge in [-0.15, -0.1) is 0 Å². The molecular weight excluding hydrogens is 635 g/mol. The summed E-state index contributed by atoms with van der Waals surface area (Å²) in [5, 5.41) is 2.40. The van der Waals surface area contributed by atoms with Gasteiger partial charge < -0.3 is 4.90 Å². The topological polar surface area (TPSA) is 30.9 Å². The first kappa shape index (κ1) is 31.5. The van der Waals surface area contributed by atoms with Crippen LogP contribution >= 0.6 is 0 Å². The number of hydrogen-bond donors (Lipinski definition) is 0. The summed E-state index contributed by atoms with van der Waals surface area (Å²) in [6.45, 7) is 8.83. The first-order valence-electron chi connectivity index (χ1n) is 18.0. The zero-order valence-corrected chi connectivity index (χ0v) is 29.9. The molecule has 6 aromatic carbocycles. The Morgan fingerprint density at radius 2 is 1.21 bits per heavy atom. The average molecular weight is 675 g/mol. The maximum atomic E-state index is 4.99. The van der Waals surface area contributed by atoms with Crippen molar-refractivity contribution < 1.29 is 0 Å². The van der Waals surface area contributed by atoms with E-state index in [1.54, 1.807) is 0 Å². The molecule has 0 saturated heterocycles. The second-order valence-corrected chi connectivity index (χ2v) is 13.9. The maximum absolute atomic E-state index is 4.99. The number of imidazole rings is 1. The van der Waals surface area contributed by atoms with Crippen LogP contribution in [0.2, 0.25) is 0 Å². The van der Waals surface area contributed by atoms with E-state index in [9.17, 15) is 0 Å². The summed E-state index contributed by atoms with van der Waals surface area (Å²) in [7, 11) is 0. The van der Waals surface area contributed by atoms with Crippen molar-refractivity contribution in [2.24, 2.45) is 0 Å². The summed E-state index contributed by atoms with van der Waals surface area (Å²) in [6, 6.07) is 54.8.